The van der Waals surface area contributed by atoms with Gasteiger partial charge >= 0.3 is 0 Å². The normalized spacial score (nSPS) is 15.4. The van der Waals surface area contributed by atoms with Crippen LogP contribution in [0.15, 0.2) is 76.4 Å². The summed E-state index contributed by atoms with van der Waals surface area (Å²) in [6.07, 6.45) is 0.859. The molecule has 0 saturated carbocycles. The van der Waals surface area contributed by atoms with Crippen molar-refractivity contribution in [3.8, 4) is 5.75 Å². The lowest BCUT2D eigenvalue weighted by Crippen LogP contribution is -2.34. The number of carbonyl (C=O) groups excluding carboxylic acids is 1. The molecule has 148 valence electrons. The van der Waals surface area contributed by atoms with Crippen molar-refractivity contribution >= 4 is 17.7 Å². The molecule has 0 aliphatic carbocycles. The number of carbonyl (C=O) groups is 1. The summed E-state index contributed by atoms with van der Waals surface area (Å²) in [5.74, 6) is 1.39. The lowest BCUT2D eigenvalue weighted by atomic mass is 10.0. The van der Waals surface area contributed by atoms with Crippen molar-refractivity contribution in [3.05, 3.63) is 88.3 Å². The average Bonchev–Trinajstić information content (AvgIpc) is 2.76. The Morgan fingerprint density at radius 1 is 1.10 bits per heavy atom. The Bertz CT molecular complexity index is 1050. The van der Waals surface area contributed by atoms with E-state index >= 15 is 0 Å². The van der Waals surface area contributed by atoms with Gasteiger partial charge in [0.1, 0.15) is 18.1 Å². The highest BCUT2D eigenvalue weighted by molar-refractivity contribution is 7.99. The predicted molar refractivity (Wildman–Crippen MR) is 112 cm³/mol. The number of ether oxygens (including phenoxy) is 1. The first-order valence-corrected chi connectivity index (χ1v) is 10.5. The van der Waals surface area contributed by atoms with E-state index in [1.54, 1.807) is 11.8 Å². The maximum absolute atomic E-state index is 12.8. The number of benzene rings is 2. The summed E-state index contributed by atoms with van der Waals surface area (Å²) in [6.45, 7) is 0.549. The van der Waals surface area contributed by atoms with Gasteiger partial charge in [-0.1, -0.05) is 36.4 Å². The zero-order valence-corrected chi connectivity index (χ0v) is 16.6. The molecule has 0 saturated heterocycles. The van der Waals surface area contributed by atoms with E-state index in [0.29, 0.717) is 0 Å². The van der Waals surface area contributed by atoms with Gasteiger partial charge in [0.15, 0.2) is 0 Å². The first-order valence-electron chi connectivity index (χ1n) is 9.49. The van der Waals surface area contributed by atoms with E-state index in [1.807, 2.05) is 48.5 Å². The van der Waals surface area contributed by atoms with Crippen molar-refractivity contribution in [2.75, 3.05) is 12.4 Å². The van der Waals surface area contributed by atoms with Crippen molar-refractivity contribution in [3.63, 3.8) is 0 Å². The molecule has 0 spiro atoms. The molecular weight excluding hydrogens is 386 g/mol. The van der Waals surface area contributed by atoms with Crippen LogP contribution in [0.1, 0.15) is 28.5 Å². The van der Waals surface area contributed by atoms with E-state index in [0.717, 1.165) is 23.5 Å². The highest BCUT2D eigenvalue weighted by Crippen LogP contribution is 2.35. The minimum absolute atomic E-state index is 0.0523. The molecule has 6 nitrogen and oxygen atoms in total. The highest BCUT2D eigenvalue weighted by atomic mass is 32.2. The zero-order valence-electron chi connectivity index (χ0n) is 15.8. The molecule has 3 aromatic rings. The number of nitrogens with one attached hydrogen (secondary N) is 1. The van der Waals surface area contributed by atoms with Crippen molar-refractivity contribution in [2.24, 2.45) is 0 Å². The van der Waals surface area contributed by atoms with Crippen molar-refractivity contribution in [2.45, 2.75) is 23.9 Å². The number of para-hydroxylation sites is 1. The number of nitrogens with zero attached hydrogens (tertiary/aromatic N) is 2. The van der Waals surface area contributed by atoms with Gasteiger partial charge in [0, 0.05) is 16.7 Å². The minimum Gasteiger partial charge on any atom is -0.492 e. The third kappa shape index (κ3) is 4.68. The van der Waals surface area contributed by atoms with Crippen molar-refractivity contribution in [1.82, 2.24) is 15.1 Å². The zero-order chi connectivity index (χ0) is 20.1. The summed E-state index contributed by atoms with van der Waals surface area (Å²) in [5.41, 5.74) is 1.08. The Morgan fingerprint density at radius 3 is 2.76 bits per heavy atom. The third-order valence-corrected chi connectivity index (χ3v) is 5.80. The van der Waals surface area contributed by atoms with Gasteiger partial charge in [-0.05, 0) is 36.2 Å². The fourth-order valence-electron chi connectivity index (χ4n) is 3.22. The predicted octanol–water partition coefficient (Wildman–Crippen LogP) is 3.29. The molecule has 1 amide bonds. The van der Waals surface area contributed by atoms with E-state index in [2.05, 4.69) is 16.5 Å². The van der Waals surface area contributed by atoms with Gasteiger partial charge in [-0.2, -0.15) is 5.10 Å². The number of thioether (sulfide) groups is 1. The van der Waals surface area contributed by atoms with Crippen LogP contribution in [-0.2, 0) is 6.54 Å². The van der Waals surface area contributed by atoms with Gasteiger partial charge in [-0.15, -0.1) is 11.8 Å². The van der Waals surface area contributed by atoms with Gasteiger partial charge in [0.2, 0.25) is 0 Å². The van der Waals surface area contributed by atoms with Crippen LogP contribution >= 0.6 is 11.8 Å². The Balaban J connectivity index is 1.43. The quantitative estimate of drug-likeness (QED) is 0.679. The van der Waals surface area contributed by atoms with Gasteiger partial charge < -0.3 is 10.1 Å². The molecule has 1 atom stereocenters. The van der Waals surface area contributed by atoms with Gasteiger partial charge in [-0.25, -0.2) is 4.68 Å². The molecule has 2 heterocycles. The summed E-state index contributed by atoms with van der Waals surface area (Å²) in [7, 11) is 0. The molecule has 7 heteroatoms. The van der Waals surface area contributed by atoms with E-state index in [1.165, 1.54) is 21.7 Å². The fraction of sp³-hybridized carbons (Fsp3) is 0.227. The Kier molecular flexibility index (Phi) is 5.95. The summed E-state index contributed by atoms with van der Waals surface area (Å²) < 4.78 is 6.89. The molecule has 0 fully saturated rings. The van der Waals surface area contributed by atoms with Crippen LogP contribution in [-0.4, -0.2) is 28.0 Å². The molecule has 4 rings (SSSR count). The Labute approximate surface area is 172 Å². The van der Waals surface area contributed by atoms with Crippen molar-refractivity contribution < 1.29 is 9.53 Å². The lowest BCUT2D eigenvalue weighted by molar-refractivity contribution is 0.0927. The van der Waals surface area contributed by atoms with E-state index in [-0.39, 0.29) is 36.4 Å². The highest BCUT2D eigenvalue weighted by Gasteiger charge is 2.23. The van der Waals surface area contributed by atoms with E-state index in [9.17, 15) is 9.59 Å². The Hall–Kier alpha value is -3.06. The summed E-state index contributed by atoms with van der Waals surface area (Å²) in [4.78, 5) is 26.0. The molecule has 1 unspecified atom stereocenters. The molecule has 0 radical (unpaired) electrons. The minimum atomic E-state index is -0.283. The molecule has 2 aromatic carbocycles. The molecular formula is C22H21N3O3S. The molecule has 1 aromatic heterocycles. The molecule has 1 N–H and O–H groups in total. The van der Waals surface area contributed by atoms with Gasteiger partial charge in [0.05, 0.1) is 12.6 Å². The van der Waals surface area contributed by atoms with Crippen LogP contribution in [0.2, 0.25) is 0 Å². The average molecular weight is 407 g/mol. The number of amides is 1. The fourth-order valence-corrected chi connectivity index (χ4v) is 4.35. The monoisotopic (exact) mass is 407 g/mol. The first-order chi connectivity index (χ1) is 14.2. The number of aromatic nitrogens is 2. The molecule has 1 aliphatic heterocycles. The SMILES string of the molecule is O=C(NC1CCSc2ccccc21)c1ccc(=O)n(CCOc2ccccc2)n1. The standard InChI is InChI=1S/C22H21N3O3S/c26-21-11-10-19(24-25(21)13-14-28-16-6-2-1-3-7-16)22(27)23-18-12-15-29-20-9-5-4-8-17(18)20/h1-11,18H,12-15H2,(H,23,27). The van der Waals surface area contributed by atoms with Crippen LogP contribution < -0.4 is 15.6 Å². The number of hydrogen-bond acceptors (Lipinski definition) is 5. The summed E-state index contributed by atoms with van der Waals surface area (Å²) in [5, 5.41) is 7.29. The van der Waals surface area contributed by atoms with E-state index < -0.39 is 0 Å². The van der Waals surface area contributed by atoms with Crippen LogP contribution in [0.5, 0.6) is 5.75 Å². The van der Waals surface area contributed by atoms with Crippen molar-refractivity contribution in [1.29, 1.82) is 0 Å². The van der Waals surface area contributed by atoms with Gasteiger partial charge in [-0.3, -0.25) is 9.59 Å². The number of fused-ring (bicyclic) bond motifs is 1. The van der Waals surface area contributed by atoms with Crippen LogP contribution in [0.4, 0.5) is 0 Å². The molecule has 29 heavy (non-hydrogen) atoms. The summed E-state index contributed by atoms with van der Waals surface area (Å²) in [6, 6.07) is 20.3. The van der Waals surface area contributed by atoms with Crippen LogP contribution in [0.3, 0.4) is 0 Å². The second-order valence-corrected chi connectivity index (χ2v) is 7.78. The molecule has 0 bridgehead atoms. The number of rotatable bonds is 6. The second kappa shape index (κ2) is 8.96. The lowest BCUT2D eigenvalue weighted by Gasteiger charge is -2.25. The largest absolute Gasteiger partial charge is 0.492 e. The Morgan fingerprint density at radius 2 is 1.90 bits per heavy atom. The van der Waals surface area contributed by atoms with Crippen LogP contribution in [0.25, 0.3) is 0 Å². The smallest absolute Gasteiger partial charge is 0.272 e. The van der Waals surface area contributed by atoms with Crippen LogP contribution in [0, 0.1) is 0 Å². The molecule has 1 aliphatic rings. The second-order valence-electron chi connectivity index (χ2n) is 6.64. The maximum atomic E-state index is 12.8. The maximum Gasteiger partial charge on any atom is 0.272 e. The van der Waals surface area contributed by atoms with E-state index in [4.69, 9.17) is 4.74 Å². The first kappa shape index (κ1) is 19.3. The third-order valence-electron chi connectivity index (χ3n) is 4.68. The number of hydrogen-bond donors (Lipinski definition) is 1. The summed E-state index contributed by atoms with van der Waals surface area (Å²) >= 11 is 1.80. The topological polar surface area (TPSA) is 73.2 Å². The van der Waals surface area contributed by atoms with Gasteiger partial charge in [0.25, 0.3) is 11.5 Å².